The summed E-state index contributed by atoms with van der Waals surface area (Å²) >= 11 is 0. The molecule has 0 aromatic heterocycles. The van der Waals surface area contributed by atoms with Gasteiger partial charge in [0.25, 0.3) is 0 Å². The molecule has 2 atom stereocenters. The minimum atomic E-state index is -0.706. The van der Waals surface area contributed by atoms with Gasteiger partial charge in [-0.25, -0.2) is 8.78 Å². The van der Waals surface area contributed by atoms with Gasteiger partial charge < -0.3 is 10.6 Å². The average Bonchev–Trinajstić information content (AvgIpc) is 2.39. The van der Waals surface area contributed by atoms with Gasteiger partial charge in [-0.2, -0.15) is 0 Å². The quantitative estimate of drug-likeness (QED) is 0.744. The molecule has 5 nitrogen and oxygen atoms in total. The maximum atomic E-state index is 13.6. The summed E-state index contributed by atoms with van der Waals surface area (Å²) < 4.78 is 26.4. The van der Waals surface area contributed by atoms with Gasteiger partial charge in [-0.3, -0.25) is 14.9 Å². The minimum absolute atomic E-state index is 0.0668. The monoisotopic (exact) mass is 283 g/mol. The van der Waals surface area contributed by atoms with E-state index in [2.05, 4.69) is 16.0 Å². The van der Waals surface area contributed by atoms with Crippen molar-refractivity contribution < 1.29 is 18.4 Å². The molecule has 2 unspecified atom stereocenters. The number of halogens is 2. The molecule has 1 aliphatic heterocycles. The third kappa shape index (κ3) is 3.30. The number of nitrogens with one attached hydrogen (secondary N) is 3. The highest BCUT2D eigenvalue weighted by molar-refractivity contribution is 5.86. The van der Waals surface area contributed by atoms with Crippen LogP contribution in [0.25, 0.3) is 0 Å². The molecular formula is C13H15F2N3O2. The van der Waals surface area contributed by atoms with E-state index < -0.39 is 23.7 Å². The number of piperazine rings is 1. The molecule has 20 heavy (non-hydrogen) atoms. The Morgan fingerprint density at radius 3 is 2.80 bits per heavy atom. The van der Waals surface area contributed by atoms with E-state index in [-0.39, 0.29) is 30.5 Å². The fraction of sp³-hybridized carbons (Fsp3) is 0.385. The zero-order valence-corrected chi connectivity index (χ0v) is 10.9. The molecule has 1 aromatic carbocycles. The number of carbonyl (C=O) groups excluding carboxylic acids is 2. The highest BCUT2D eigenvalue weighted by Gasteiger charge is 2.25. The van der Waals surface area contributed by atoms with Crippen LogP contribution in [0.2, 0.25) is 0 Å². The van der Waals surface area contributed by atoms with Crippen molar-refractivity contribution >= 4 is 11.8 Å². The maximum absolute atomic E-state index is 13.6. The van der Waals surface area contributed by atoms with Crippen LogP contribution in [0.3, 0.4) is 0 Å². The Bertz CT molecular complexity index is 526. The summed E-state index contributed by atoms with van der Waals surface area (Å²) in [5.41, 5.74) is 0.208. The molecule has 3 N–H and O–H groups in total. The second-order valence-electron chi connectivity index (χ2n) is 4.63. The van der Waals surface area contributed by atoms with Crippen LogP contribution < -0.4 is 16.0 Å². The summed E-state index contributed by atoms with van der Waals surface area (Å²) in [6.07, 6.45) is 0. The number of hydrogen-bond acceptors (Lipinski definition) is 3. The van der Waals surface area contributed by atoms with Gasteiger partial charge in [-0.1, -0.05) is 6.07 Å². The van der Waals surface area contributed by atoms with Gasteiger partial charge in [-0.15, -0.1) is 0 Å². The van der Waals surface area contributed by atoms with Crippen molar-refractivity contribution in [3.05, 3.63) is 35.4 Å². The van der Waals surface area contributed by atoms with Gasteiger partial charge in [0.05, 0.1) is 12.6 Å². The number of benzene rings is 1. The molecule has 2 rings (SSSR count). The lowest BCUT2D eigenvalue weighted by Crippen LogP contribution is -2.58. The number of amides is 2. The molecule has 0 aliphatic carbocycles. The molecule has 1 aliphatic rings. The fourth-order valence-corrected chi connectivity index (χ4v) is 2.00. The molecule has 2 amide bonds. The predicted octanol–water partition coefficient (Wildman–Crippen LogP) is 0.230. The smallest absolute Gasteiger partial charge is 0.239 e. The SMILES string of the molecule is CC(NC(=O)C1CNC(=O)CN1)c1ccc(F)cc1F. The largest absolute Gasteiger partial charge is 0.353 e. The Kier molecular flexibility index (Phi) is 4.29. The molecular weight excluding hydrogens is 268 g/mol. The molecule has 1 fully saturated rings. The van der Waals surface area contributed by atoms with Crippen LogP contribution in [0.5, 0.6) is 0 Å². The Morgan fingerprint density at radius 1 is 1.45 bits per heavy atom. The zero-order valence-electron chi connectivity index (χ0n) is 10.9. The first kappa shape index (κ1) is 14.4. The third-order valence-corrected chi connectivity index (χ3v) is 3.12. The average molecular weight is 283 g/mol. The van der Waals surface area contributed by atoms with Gasteiger partial charge in [0, 0.05) is 18.2 Å². The van der Waals surface area contributed by atoms with Gasteiger partial charge in [0.1, 0.15) is 17.7 Å². The van der Waals surface area contributed by atoms with Gasteiger partial charge in [0.2, 0.25) is 11.8 Å². The summed E-state index contributed by atoms with van der Waals surface area (Å²) in [6.45, 7) is 1.86. The van der Waals surface area contributed by atoms with Crippen LogP contribution in [-0.2, 0) is 9.59 Å². The predicted molar refractivity (Wildman–Crippen MR) is 67.7 cm³/mol. The molecule has 0 spiro atoms. The molecule has 1 aromatic rings. The van der Waals surface area contributed by atoms with Crippen LogP contribution >= 0.6 is 0 Å². The van der Waals surface area contributed by atoms with Crippen LogP contribution in [0.15, 0.2) is 18.2 Å². The summed E-state index contributed by atoms with van der Waals surface area (Å²) in [7, 11) is 0. The van der Waals surface area contributed by atoms with Gasteiger partial charge in [0.15, 0.2) is 0 Å². The first-order valence-electron chi connectivity index (χ1n) is 6.23. The van der Waals surface area contributed by atoms with E-state index in [1.54, 1.807) is 6.92 Å². The molecule has 0 saturated carbocycles. The standard InChI is InChI=1S/C13H15F2N3O2/c1-7(9-3-2-8(14)4-10(9)15)18-13(20)11-5-17-12(19)6-16-11/h2-4,7,11,16H,5-6H2,1H3,(H,17,19)(H,18,20). The van der Waals surface area contributed by atoms with Crippen LogP contribution in [0, 0.1) is 11.6 Å². The van der Waals surface area contributed by atoms with Crippen LogP contribution in [0.1, 0.15) is 18.5 Å². The highest BCUT2D eigenvalue weighted by atomic mass is 19.1. The van der Waals surface area contributed by atoms with Crippen molar-refractivity contribution in [3.63, 3.8) is 0 Å². The molecule has 1 heterocycles. The van der Waals surface area contributed by atoms with Crippen molar-refractivity contribution in [3.8, 4) is 0 Å². The lowest BCUT2D eigenvalue weighted by Gasteiger charge is -2.25. The van der Waals surface area contributed by atoms with Crippen molar-refractivity contribution in [1.29, 1.82) is 0 Å². The Balaban J connectivity index is 1.98. The highest BCUT2D eigenvalue weighted by Crippen LogP contribution is 2.17. The zero-order chi connectivity index (χ0) is 14.7. The van der Waals surface area contributed by atoms with Gasteiger partial charge in [-0.05, 0) is 13.0 Å². The van der Waals surface area contributed by atoms with E-state index in [0.717, 1.165) is 12.1 Å². The van der Waals surface area contributed by atoms with Crippen molar-refractivity contribution in [2.45, 2.75) is 19.0 Å². The van der Waals surface area contributed by atoms with Gasteiger partial charge >= 0.3 is 0 Å². The second kappa shape index (κ2) is 5.96. The van der Waals surface area contributed by atoms with Crippen molar-refractivity contribution in [2.24, 2.45) is 0 Å². The van der Waals surface area contributed by atoms with E-state index in [4.69, 9.17) is 0 Å². The van der Waals surface area contributed by atoms with Crippen LogP contribution in [0.4, 0.5) is 8.78 Å². The summed E-state index contributed by atoms with van der Waals surface area (Å²) in [5, 5.41) is 7.96. The minimum Gasteiger partial charge on any atom is -0.353 e. The number of rotatable bonds is 3. The van der Waals surface area contributed by atoms with Crippen molar-refractivity contribution in [1.82, 2.24) is 16.0 Å². The van der Waals surface area contributed by atoms with E-state index in [1.807, 2.05) is 0 Å². The normalized spacial score (nSPS) is 20.1. The summed E-state index contributed by atoms with van der Waals surface area (Å²) in [6, 6.07) is 2.06. The molecule has 108 valence electrons. The second-order valence-corrected chi connectivity index (χ2v) is 4.63. The first-order chi connectivity index (χ1) is 9.47. The molecule has 7 heteroatoms. The lowest BCUT2D eigenvalue weighted by atomic mass is 10.1. The van der Waals surface area contributed by atoms with E-state index >= 15 is 0 Å². The summed E-state index contributed by atoms with van der Waals surface area (Å²) in [5.74, 6) is -1.89. The number of hydrogen-bond donors (Lipinski definition) is 3. The Labute approximate surface area is 114 Å². The molecule has 1 saturated heterocycles. The fourth-order valence-electron chi connectivity index (χ4n) is 2.00. The topological polar surface area (TPSA) is 70.2 Å². The van der Waals surface area contributed by atoms with E-state index in [1.165, 1.54) is 6.07 Å². The van der Waals surface area contributed by atoms with E-state index in [0.29, 0.717) is 0 Å². The molecule has 0 radical (unpaired) electrons. The summed E-state index contributed by atoms with van der Waals surface area (Å²) in [4.78, 5) is 22.9. The van der Waals surface area contributed by atoms with E-state index in [9.17, 15) is 18.4 Å². The lowest BCUT2D eigenvalue weighted by molar-refractivity contribution is -0.127. The first-order valence-corrected chi connectivity index (χ1v) is 6.23. The van der Waals surface area contributed by atoms with Crippen LogP contribution in [-0.4, -0.2) is 30.9 Å². The Morgan fingerprint density at radius 2 is 2.20 bits per heavy atom. The molecule has 0 bridgehead atoms. The number of carbonyl (C=O) groups is 2. The van der Waals surface area contributed by atoms with Crippen molar-refractivity contribution in [2.75, 3.05) is 13.1 Å². The Hall–Kier alpha value is -2.02. The third-order valence-electron chi connectivity index (χ3n) is 3.12. The maximum Gasteiger partial charge on any atom is 0.239 e.